The predicted octanol–water partition coefficient (Wildman–Crippen LogP) is 3.04. The fraction of sp³-hybridized carbons (Fsp3) is 0.900. The number of guanidine groups is 1. The van der Waals surface area contributed by atoms with Crippen LogP contribution in [-0.2, 0) is 4.74 Å². The first-order chi connectivity index (χ1) is 12.8. The lowest BCUT2D eigenvalue weighted by atomic mass is 10.0. The van der Waals surface area contributed by atoms with Crippen molar-refractivity contribution in [3.63, 3.8) is 0 Å². The number of amides is 1. The number of carbonyl (C=O) groups is 1. The zero-order valence-corrected chi connectivity index (χ0v) is 20.6. The maximum atomic E-state index is 12.0. The number of halogens is 1. The molecule has 0 aromatic carbocycles. The van der Waals surface area contributed by atoms with Gasteiger partial charge < -0.3 is 20.3 Å². The van der Waals surface area contributed by atoms with E-state index in [-0.39, 0.29) is 36.1 Å². The van der Waals surface area contributed by atoms with Crippen molar-refractivity contribution < 1.29 is 9.53 Å². The maximum absolute atomic E-state index is 12.0. The fourth-order valence-corrected chi connectivity index (χ4v) is 3.85. The second-order valence-electron chi connectivity index (χ2n) is 8.55. The monoisotopic (exact) mass is 509 g/mol. The molecule has 1 amide bonds. The Bertz CT molecular complexity index is 509. The fourth-order valence-electron chi connectivity index (χ4n) is 3.85. The third kappa shape index (κ3) is 8.31. The Labute approximate surface area is 188 Å². The zero-order valence-electron chi connectivity index (χ0n) is 18.3. The van der Waals surface area contributed by atoms with Gasteiger partial charge >= 0.3 is 6.09 Å². The highest BCUT2D eigenvalue weighted by atomic mass is 127. The van der Waals surface area contributed by atoms with Gasteiger partial charge in [-0.2, -0.15) is 0 Å². The van der Waals surface area contributed by atoms with Gasteiger partial charge in [0.05, 0.1) is 12.6 Å². The third-order valence-electron chi connectivity index (χ3n) is 5.15. The number of likely N-dealkylation sites (N-methyl/N-ethyl adjacent to an activating group) is 1. The Morgan fingerprint density at radius 2 is 1.93 bits per heavy atom. The third-order valence-corrected chi connectivity index (χ3v) is 5.15. The van der Waals surface area contributed by atoms with Crippen molar-refractivity contribution >= 4 is 36.0 Å². The molecule has 0 aliphatic carbocycles. The van der Waals surface area contributed by atoms with Gasteiger partial charge in [0.2, 0.25) is 0 Å². The summed E-state index contributed by atoms with van der Waals surface area (Å²) < 4.78 is 5.37. The summed E-state index contributed by atoms with van der Waals surface area (Å²) in [5.74, 6) is 0.965. The molecular weight excluding hydrogens is 469 g/mol. The molecule has 0 aromatic heterocycles. The number of ether oxygens (including phenoxy) is 1. The van der Waals surface area contributed by atoms with Crippen molar-refractivity contribution in [3.05, 3.63) is 0 Å². The first-order valence-corrected chi connectivity index (χ1v) is 10.6. The summed E-state index contributed by atoms with van der Waals surface area (Å²) in [4.78, 5) is 21.8. The van der Waals surface area contributed by atoms with Crippen molar-refractivity contribution in [2.45, 2.75) is 78.0 Å². The number of carbonyl (C=O) groups excluding carboxylic acids is 1. The second-order valence-corrected chi connectivity index (χ2v) is 8.55. The molecule has 0 saturated carbocycles. The molecular formula is C20H40IN5O2. The van der Waals surface area contributed by atoms with Gasteiger partial charge in [0.15, 0.2) is 5.96 Å². The number of nitrogens with zero attached hydrogens (tertiary/aromatic N) is 3. The number of nitrogens with one attached hydrogen (secondary N) is 2. The van der Waals surface area contributed by atoms with Gasteiger partial charge in [-0.3, -0.25) is 9.89 Å². The molecule has 2 aliphatic rings. The normalized spacial score (nSPS) is 23.9. The highest BCUT2D eigenvalue weighted by Gasteiger charge is 2.28. The Hall–Kier alpha value is -0.770. The van der Waals surface area contributed by atoms with Crippen molar-refractivity contribution in [2.75, 3.05) is 39.3 Å². The molecule has 2 heterocycles. The molecule has 2 fully saturated rings. The molecule has 2 rings (SSSR count). The lowest BCUT2D eigenvalue weighted by Gasteiger charge is -2.34. The first kappa shape index (κ1) is 25.3. The van der Waals surface area contributed by atoms with E-state index in [9.17, 15) is 4.79 Å². The molecule has 0 bridgehead atoms. The number of hydrogen-bond acceptors (Lipinski definition) is 4. The van der Waals surface area contributed by atoms with E-state index in [1.54, 1.807) is 0 Å². The van der Waals surface area contributed by atoms with Crippen LogP contribution in [0.15, 0.2) is 4.99 Å². The summed E-state index contributed by atoms with van der Waals surface area (Å²) in [5, 5.41) is 6.41. The lowest BCUT2D eigenvalue weighted by molar-refractivity contribution is 0.0507. The van der Waals surface area contributed by atoms with Gasteiger partial charge in [0, 0.05) is 25.7 Å². The molecule has 164 valence electrons. The van der Waals surface area contributed by atoms with Crippen LogP contribution in [0, 0.1) is 0 Å². The van der Waals surface area contributed by atoms with E-state index in [1.807, 2.05) is 20.8 Å². The molecule has 2 unspecified atom stereocenters. The van der Waals surface area contributed by atoms with Crippen molar-refractivity contribution in [3.8, 4) is 0 Å². The summed E-state index contributed by atoms with van der Waals surface area (Å²) in [7, 11) is 0. The van der Waals surface area contributed by atoms with Gasteiger partial charge in [-0.25, -0.2) is 4.79 Å². The van der Waals surface area contributed by atoms with Gasteiger partial charge in [0.1, 0.15) is 5.60 Å². The standard InChI is InChI=1S/C20H39N5O2.HI/c1-6-21-18(22-14-17-10-8-9-12-24(17)7-2)25-13-11-16(15-25)23-19(26)27-20(3,4)5;/h16-17H,6-15H2,1-5H3,(H,21,22)(H,23,26);1H. The predicted molar refractivity (Wildman–Crippen MR) is 126 cm³/mol. The summed E-state index contributed by atoms with van der Waals surface area (Å²) in [6.07, 6.45) is 4.42. The first-order valence-electron chi connectivity index (χ1n) is 10.6. The summed E-state index contributed by atoms with van der Waals surface area (Å²) in [6.45, 7) is 15.6. The molecule has 8 heteroatoms. The van der Waals surface area contributed by atoms with Crippen LogP contribution in [0.3, 0.4) is 0 Å². The van der Waals surface area contributed by atoms with Crippen LogP contribution in [0.1, 0.15) is 60.3 Å². The van der Waals surface area contributed by atoms with Crippen LogP contribution in [0.4, 0.5) is 4.79 Å². The quantitative estimate of drug-likeness (QED) is 0.339. The molecule has 0 radical (unpaired) electrons. The minimum atomic E-state index is -0.468. The van der Waals surface area contributed by atoms with Crippen LogP contribution in [0.2, 0.25) is 0 Å². The van der Waals surface area contributed by atoms with Crippen LogP contribution in [-0.4, -0.2) is 78.8 Å². The molecule has 2 aliphatic heterocycles. The smallest absolute Gasteiger partial charge is 0.407 e. The minimum Gasteiger partial charge on any atom is -0.444 e. The summed E-state index contributed by atoms with van der Waals surface area (Å²) in [6, 6.07) is 0.654. The summed E-state index contributed by atoms with van der Waals surface area (Å²) >= 11 is 0. The average molecular weight is 509 g/mol. The van der Waals surface area contributed by atoms with E-state index >= 15 is 0 Å². The van der Waals surface area contributed by atoms with E-state index in [4.69, 9.17) is 9.73 Å². The molecule has 0 aromatic rings. The number of rotatable bonds is 5. The largest absolute Gasteiger partial charge is 0.444 e. The molecule has 0 spiro atoms. The lowest BCUT2D eigenvalue weighted by Crippen LogP contribution is -2.45. The van der Waals surface area contributed by atoms with Crippen LogP contribution in [0.5, 0.6) is 0 Å². The number of hydrogen-bond donors (Lipinski definition) is 2. The number of alkyl carbamates (subject to hydrolysis) is 1. The van der Waals surface area contributed by atoms with Gasteiger partial charge in [-0.15, -0.1) is 24.0 Å². The molecule has 2 saturated heterocycles. The SMILES string of the molecule is CCNC(=NCC1CCCCN1CC)N1CCC(NC(=O)OC(C)(C)C)C1.I. The van der Waals surface area contributed by atoms with Crippen molar-refractivity contribution in [2.24, 2.45) is 4.99 Å². The van der Waals surface area contributed by atoms with E-state index in [1.165, 1.54) is 25.8 Å². The zero-order chi connectivity index (χ0) is 19.9. The molecule has 2 atom stereocenters. The van der Waals surface area contributed by atoms with Crippen LogP contribution in [0.25, 0.3) is 0 Å². The van der Waals surface area contributed by atoms with E-state index in [0.717, 1.165) is 45.1 Å². The van der Waals surface area contributed by atoms with Crippen molar-refractivity contribution in [1.82, 2.24) is 20.4 Å². The van der Waals surface area contributed by atoms with Gasteiger partial charge in [-0.1, -0.05) is 13.3 Å². The number of aliphatic imine (C=N–C) groups is 1. The molecule has 7 nitrogen and oxygen atoms in total. The number of piperidine rings is 1. The summed E-state index contributed by atoms with van der Waals surface area (Å²) in [5.41, 5.74) is -0.468. The van der Waals surface area contributed by atoms with Gasteiger partial charge in [-0.05, 0) is 60.0 Å². The average Bonchev–Trinajstić information content (AvgIpc) is 3.05. The molecule has 28 heavy (non-hydrogen) atoms. The highest BCUT2D eigenvalue weighted by Crippen LogP contribution is 2.17. The van der Waals surface area contributed by atoms with E-state index in [2.05, 4.69) is 34.3 Å². The molecule has 2 N–H and O–H groups in total. The van der Waals surface area contributed by atoms with Crippen molar-refractivity contribution in [1.29, 1.82) is 0 Å². The van der Waals surface area contributed by atoms with E-state index < -0.39 is 5.60 Å². The second kappa shape index (κ2) is 12.0. The topological polar surface area (TPSA) is 69.2 Å². The number of likely N-dealkylation sites (tertiary alicyclic amines) is 2. The Morgan fingerprint density at radius 1 is 1.18 bits per heavy atom. The Kier molecular flexibility index (Phi) is 10.9. The maximum Gasteiger partial charge on any atom is 0.407 e. The van der Waals surface area contributed by atoms with Crippen LogP contribution >= 0.6 is 24.0 Å². The Morgan fingerprint density at radius 3 is 2.57 bits per heavy atom. The minimum absolute atomic E-state index is 0. The van der Waals surface area contributed by atoms with E-state index in [0.29, 0.717) is 6.04 Å². The van der Waals surface area contributed by atoms with Crippen LogP contribution < -0.4 is 10.6 Å². The highest BCUT2D eigenvalue weighted by molar-refractivity contribution is 14.0. The Balaban J connectivity index is 0.00000392. The van der Waals surface area contributed by atoms with Gasteiger partial charge in [0.25, 0.3) is 0 Å².